The number of hydrogen-bond acceptors (Lipinski definition) is 27. The van der Waals surface area contributed by atoms with E-state index in [1.807, 2.05) is 0 Å². The average Bonchev–Trinajstić information content (AvgIpc) is 0.756. The zero-order chi connectivity index (χ0) is 93.2. The largest absolute Gasteiger partial charge is 0.508 e. The maximum absolute atomic E-state index is 14.1. The highest BCUT2D eigenvalue weighted by atomic mass is 32.2. The Balaban J connectivity index is 0.00000214. The van der Waals surface area contributed by atoms with Gasteiger partial charge >= 0.3 is 5.97 Å². The minimum atomic E-state index is -1.75. The number of hydrogen-bond donors (Lipinski definition) is 7. The van der Waals surface area contributed by atoms with Crippen molar-refractivity contribution in [3.8, 4) is 28.7 Å². The minimum absolute atomic E-state index is 0.160. The molecule has 0 spiro atoms. The summed E-state index contributed by atoms with van der Waals surface area (Å²) in [6.45, 7) is 30.7. The summed E-state index contributed by atoms with van der Waals surface area (Å²) in [5.41, 5.74) is 8.65. The van der Waals surface area contributed by atoms with E-state index >= 15 is 0 Å². The normalized spacial score (nSPS) is 12.4. The number of nitrogens with zero attached hydrogens (tertiary/aromatic N) is 8. The van der Waals surface area contributed by atoms with Crippen molar-refractivity contribution in [2.24, 2.45) is 5.73 Å². The first-order valence-electron chi connectivity index (χ1n) is 38.5. The SMILES string of the molecule is CC(C)(C)c1cc2c(OCC(=O)NCCC[N+](C)(C)C)c(c1)Sc1cc(C(C)(C)C)cc(c1OCC(=O)NCCC[N+](C)(C)C)Sc1cc(C(C)(C)C)cc(c1OCC(=O)NCCC[N+](C)(C)C)Sc1cc(C(C)(C)C)cc(c1OCC(=O)NCCC[N+](C)(C)C)S2.NC(Cc1ccc(O)cc1)C(=O)O.O=[N+]([O-])[O-].O=[N+]([O-])[O-].O=[N+]([O-])[O-].O=[N+]([O-])[O-]. The van der Waals surface area contributed by atoms with Gasteiger partial charge in [-0.05, 0) is 117 Å². The molecule has 8 bridgehead atoms. The monoisotopic (exact) mass is 1780 g/mol. The molecule has 5 aromatic carbocycles. The number of rotatable bonds is 31. The van der Waals surface area contributed by atoms with Crippen molar-refractivity contribution in [1.29, 1.82) is 0 Å². The number of aliphatic carboxylic acids is 1. The quantitative estimate of drug-likeness (QED) is 0.00920. The fourth-order valence-electron chi connectivity index (χ4n) is 10.5. The number of phenols is 1. The molecule has 0 fully saturated rings. The lowest BCUT2D eigenvalue weighted by Crippen LogP contribution is -2.38. The summed E-state index contributed by atoms with van der Waals surface area (Å²) in [6, 6.07) is 22.6. The first-order chi connectivity index (χ1) is 55.3. The summed E-state index contributed by atoms with van der Waals surface area (Å²) in [5.74, 6) is 0.0913. The van der Waals surface area contributed by atoms with E-state index in [0.717, 1.165) is 137 Å². The van der Waals surface area contributed by atoms with Crippen molar-refractivity contribution in [3.63, 3.8) is 0 Å². The summed E-state index contributed by atoms with van der Waals surface area (Å²) in [6.07, 6.45) is 3.45. The van der Waals surface area contributed by atoms with Gasteiger partial charge in [0, 0.05) is 51.9 Å². The lowest BCUT2D eigenvalue weighted by molar-refractivity contribution is -0.870. The van der Waals surface area contributed by atoms with Gasteiger partial charge in [-0.15, -0.1) is 0 Å². The number of nitrogens with one attached hydrogen (secondary N) is 4. The zero-order valence-electron chi connectivity index (χ0n) is 74.3. The van der Waals surface area contributed by atoms with Crippen molar-refractivity contribution in [2.75, 3.05) is 163 Å². The number of carbonyl (C=O) groups excluding carboxylic acids is 4. The molecule has 1 aliphatic rings. The molecule has 5 aromatic rings. The lowest BCUT2D eigenvalue weighted by atomic mass is 9.87. The Morgan fingerprint density at radius 2 is 0.545 bits per heavy atom. The van der Waals surface area contributed by atoms with Gasteiger partial charge in [0.2, 0.25) is 0 Å². The average molecular weight is 1780 g/mol. The molecular formula is C81H127N13O23S4. The fraction of sp³-hybridized carbons (Fsp3) is 0.568. The van der Waals surface area contributed by atoms with Crippen LogP contribution in [0.1, 0.15) is 137 Å². The Kier molecular flexibility index (Phi) is 44.8. The number of carboxylic acid groups (broad SMARTS) is 1. The Labute approximate surface area is 727 Å². The lowest BCUT2D eigenvalue weighted by Gasteiger charge is -2.28. The van der Waals surface area contributed by atoms with Gasteiger partial charge in [0.05, 0.1) is 170 Å². The number of carbonyl (C=O) groups is 5. The summed E-state index contributed by atoms with van der Waals surface area (Å²) in [4.78, 5) is 106. The van der Waals surface area contributed by atoms with Crippen LogP contribution in [0.25, 0.3) is 0 Å². The van der Waals surface area contributed by atoms with Crippen LogP contribution >= 0.6 is 47.0 Å². The van der Waals surface area contributed by atoms with Crippen molar-refractivity contribution in [1.82, 2.24) is 21.3 Å². The van der Waals surface area contributed by atoms with E-state index in [4.69, 9.17) is 96.2 Å². The molecule has 0 saturated carbocycles. The summed E-state index contributed by atoms with van der Waals surface area (Å²) < 4.78 is 31.0. The predicted octanol–water partition coefficient (Wildman–Crippen LogP) is 11.6. The van der Waals surface area contributed by atoms with E-state index in [2.05, 4.69) is 237 Å². The minimum Gasteiger partial charge on any atom is -0.508 e. The maximum atomic E-state index is 14.1. The third kappa shape index (κ3) is 48.0. The topological polar surface area (TPSA) is 502 Å². The van der Waals surface area contributed by atoms with Gasteiger partial charge in [-0.2, -0.15) is 0 Å². The van der Waals surface area contributed by atoms with E-state index < -0.39 is 32.4 Å². The highest BCUT2D eigenvalue weighted by Crippen LogP contribution is 2.56. The van der Waals surface area contributed by atoms with Gasteiger partial charge in [-0.25, -0.2) is 0 Å². The van der Waals surface area contributed by atoms with Crippen molar-refractivity contribution < 1.29 is 91.4 Å². The van der Waals surface area contributed by atoms with Crippen LogP contribution < -0.4 is 45.9 Å². The summed E-state index contributed by atoms with van der Waals surface area (Å²) in [7, 11) is 25.7. The molecule has 0 aromatic heterocycles. The van der Waals surface area contributed by atoms with Crippen LogP contribution in [-0.2, 0) is 52.1 Å². The number of nitrogens with two attached hydrogens (primary N) is 1. The van der Waals surface area contributed by atoms with E-state index in [-0.39, 0.29) is 83.9 Å². The summed E-state index contributed by atoms with van der Waals surface area (Å²) >= 11 is 5.89. The number of benzene rings is 5. The third-order valence-electron chi connectivity index (χ3n) is 16.8. The van der Waals surface area contributed by atoms with Gasteiger partial charge in [-0.1, -0.05) is 142 Å². The number of quaternary nitrogens is 4. The van der Waals surface area contributed by atoms with Gasteiger partial charge in [0.1, 0.15) is 34.8 Å². The second-order valence-corrected chi connectivity index (χ2v) is 40.7. The zero-order valence-corrected chi connectivity index (χ0v) is 77.5. The molecule has 36 nitrogen and oxygen atoms in total. The standard InChI is InChI=1S/C72H112N8O8S4.C9H11NO3.4NO3/c1-69(2,3)49-37-53-65(85-45-61(81)73-29-25-33-77(13,14)15)54(38-49)90-56-40-51(71(7,8)9)42-58(67(56)87-47-63(83)75-31-27-35-79(19,20)21)92-60-44-52(72(10,11)12)43-59(68(60)88-48-64(84)76-32-28-36-80(22,23)24)91-57-41-50(70(4,5)6)39-55(89-53)66(57)86-46-62(82)74-30-26-34-78(16,17)18;10-8(9(12)13)5-6-1-3-7(11)4-2-6;4*2-1(3)4/h37-44H,25-36,45-48H2,1-24H3;1-4,8,11H,5,10H2,(H,12,13);;;;/q;;4*-1/p+4. The molecule has 6 rings (SSSR count). The second-order valence-electron chi connectivity index (χ2n) is 36.3. The van der Waals surface area contributed by atoms with Crippen molar-refractivity contribution >= 4 is 76.6 Å². The molecule has 40 heteroatoms. The molecular weight excluding hydrogens is 1650 g/mol. The first-order valence-corrected chi connectivity index (χ1v) is 41.8. The number of carboxylic acids is 1. The Bertz CT molecular complexity index is 3660. The van der Waals surface area contributed by atoms with Crippen LogP contribution in [-0.4, -0.2) is 247 Å². The number of ether oxygens (including phenoxy) is 4. The van der Waals surface area contributed by atoms with E-state index in [0.29, 0.717) is 49.2 Å². The molecule has 8 N–H and O–H groups in total. The summed E-state index contributed by atoms with van der Waals surface area (Å²) in [5, 5.41) is 89.0. The molecule has 1 atom stereocenters. The molecule has 4 amide bonds. The van der Waals surface area contributed by atoms with Crippen LogP contribution in [0.4, 0.5) is 0 Å². The Hall–Kier alpha value is -9.55. The fourth-order valence-corrected chi connectivity index (χ4v) is 15.3. The third-order valence-corrected chi connectivity index (χ3v) is 21.0. The van der Waals surface area contributed by atoms with Gasteiger partial charge in [-0.3, -0.25) is 24.0 Å². The number of phenolic OH excluding ortho intramolecular Hbond substituents is 1. The highest BCUT2D eigenvalue weighted by Gasteiger charge is 2.32. The van der Waals surface area contributed by atoms with Crippen LogP contribution in [0.5, 0.6) is 28.7 Å². The van der Waals surface area contributed by atoms with Crippen LogP contribution in [0.15, 0.2) is 112 Å². The first kappa shape index (κ1) is 109. The van der Waals surface area contributed by atoms with Crippen molar-refractivity contribution in [2.45, 2.75) is 182 Å². The number of fused-ring (bicyclic) bond motifs is 8. The maximum Gasteiger partial charge on any atom is 0.320 e. The van der Waals surface area contributed by atoms with E-state index in [9.17, 15) is 24.0 Å². The molecule has 0 saturated heterocycles. The molecule has 0 aliphatic carbocycles. The number of aromatic hydroxyl groups is 1. The molecule has 1 aliphatic heterocycles. The van der Waals surface area contributed by atoms with Gasteiger partial charge < -0.3 is 135 Å². The van der Waals surface area contributed by atoms with Gasteiger partial charge in [0.25, 0.3) is 23.6 Å². The molecule has 0 radical (unpaired) electrons. The van der Waals surface area contributed by atoms with E-state index in [1.165, 1.54) is 59.2 Å². The van der Waals surface area contributed by atoms with E-state index in [1.54, 1.807) is 12.1 Å². The van der Waals surface area contributed by atoms with Gasteiger partial charge in [0.15, 0.2) is 26.4 Å². The van der Waals surface area contributed by atoms with Crippen molar-refractivity contribution in [3.05, 3.63) is 162 Å². The van der Waals surface area contributed by atoms with Crippen LogP contribution in [0.2, 0.25) is 0 Å². The Morgan fingerprint density at radius 1 is 0.372 bits per heavy atom. The second kappa shape index (κ2) is 49.5. The molecule has 678 valence electrons. The Morgan fingerprint density at radius 3 is 0.694 bits per heavy atom. The smallest absolute Gasteiger partial charge is 0.320 e. The van der Waals surface area contributed by atoms with Crippen LogP contribution in [0.3, 0.4) is 0 Å². The number of amides is 4. The molecule has 1 heterocycles. The highest BCUT2D eigenvalue weighted by molar-refractivity contribution is 8.01. The molecule has 121 heavy (non-hydrogen) atoms. The van der Waals surface area contributed by atoms with Crippen LogP contribution in [0, 0.1) is 61.3 Å². The molecule has 1 unspecified atom stereocenters. The predicted molar refractivity (Wildman–Crippen MR) is 470 cm³/mol.